The number of hydrogen-bond donors (Lipinski definition) is 0. The third kappa shape index (κ3) is 5.50. The quantitative estimate of drug-likeness (QED) is 0.653. The number of ether oxygens (including phenoxy) is 3. The first kappa shape index (κ1) is 17.1. The Labute approximate surface area is 134 Å². The molecule has 4 nitrogen and oxygen atoms in total. The lowest BCUT2D eigenvalue weighted by Crippen LogP contribution is -2.37. The van der Waals surface area contributed by atoms with Gasteiger partial charge in [-0.1, -0.05) is 19.4 Å². The number of unbranched alkanes of at least 4 members (excludes halogenated alkanes) is 1. The smallest absolute Gasteiger partial charge is 0.121 e. The van der Waals surface area contributed by atoms with Crippen molar-refractivity contribution in [1.29, 1.82) is 0 Å². The zero-order chi connectivity index (χ0) is 15.6. The molecule has 1 saturated heterocycles. The van der Waals surface area contributed by atoms with E-state index in [4.69, 9.17) is 14.2 Å². The Morgan fingerprint density at radius 2 is 1.95 bits per heavy atom. The summed E-state index contributed by atoms with van der Waals surface area (Å²) in [5.74, 6) is 0.976. The number of nitrogens with zero attached hydrogens (tertiary/aromatic N) is 1. The van der Waals surface area contributed by atoms with Crippen molar-refractivity contribution >= 4 is 5.69 Å². The number of benzene rings is 1. The molecule has 124 valence electrons. The third-order valence-electron chi connectivity index (χ3n) is 4.03. The summed E-state index contributed by atoms with van der Waals surface area (Å²) in [5.41, 5.74) is 1.25. The molecule has 0 N–H and O–H groups in total. The lowest BCUT2D eigenvalue weighted by Gasteiger charge is -2.33. The molecule has 22 heavy (non-hydrogen) atoms. The van der Waals surface area contributed by atoms with E-state index in [1.165, 1.54) is 5.69 Å². The first-order chi connectivity index (χ1) is 10.8. The van der Waals surface area contributed by atoms with E-state index in [0.29, 0.717) is 19.3 Å². The van der Waals surface area contributed by atoms with Crippen molar-refractivity contribution in [3.8, 4) is 5.75 Å². The van der Waals surface area contributed by atoms with Gasteiger partial charge in [0.15, 0.2) is 0 Å². The van der Waals surface area contributed by atoms with Crippen LogP contribution in [0.5, 0.6) is 5.75 Å². The molecule has 4 heteroatoms. The lowest BCUT2D eigenvalue weighted by molar-refractivity contribution is 0.00610. The second kappa shape index (κ2) is 9.70. The summed E-state index contributed by atoms with van der Waals surface area (Å²) in [6, 6.07) is 8.44. The van der Waals surface area contributed by atoms with E-state index >= 15 is 0 Å². The molecule has 0 aromatic heterocycles. The van der Waals surface area contributed by atoms with Crippen molar-refractivity contribution in [3.63, 3.8) is 0 Å². The maximum Gasteiger partial charge on any atom is 0.121 e. The van der Waals surface area contributed by atoms with E-state index in [0.717, 1.165) is 51.1 Å². The van der Waals surface area contributed by atoms with Gasteiger partial charge in [-0.25, -0.2) is 0 Å². The molecular weight excluding hydrogens is 278 g/mol. The predicted octanol–water partition coefficient (Wildman–Crippen LogP) is 3.50. The van der Waals surface area contributed by atoms with Gasteiger partial charge in [0.2, 0.25) is 0 Å². The van der Waals surface area contributed by atoms with Crippen LogP contribution in [0.3, 0.4) is 0 Å². The summed E-state index contributed by atoms with van der Waals surface area (Å²) in [7, 11) is 1.71. The number of rotatable bonds is 9. The maximum absolute atomic E-state index is 5.82. The fourth-order valence-corrected chi connectivity index (χ4v) is 2.68. The molecule has 0 atom stereocenters. The fraction of sp³-hybridized carbons (Fsp3) is 0.667. The molecule has 1 heterocycles. The molecular formula is C18H29NO3. The summed E-state index contributed by atoms with van der Waals surface area (Å²) in [6.45, 7) is 6.43. The standard InChI is InChI=1S/C18H29NO3/c1-3-4-12-21-18-7-5-6-16(15-18)19-10-8-17(9-11-19)22-14-13-20-2/h5-7,15,17H,3-4,8-14H2,1-2H3. The van der Waals surface area contributed by atoms with Crippen molar-refractivity contribution in [2.45, 2.75) is 38.7 Å². The molecule has 0 bridgehead atoms. The molecule has 1 fully saturated rings. The highest BCUT2D eigenvalue weighted by atomic mass is 16.5. The average Bonchev–Trinajstić information content (AvgIpc) is 2.56. The van der Waals surface area contributed by atoms with Gasteiger partial charge in [-0.05, 0) is 31.4 Å². The van der Waals surface area contributed by atoms with Crippen molar-refractivity contribution in [1.82, 2.24) is 0 Å². The highest BCUT2D eigenvalue weighted by Gasteiger charge is 2.20. The Kier molecular flexibility index (Phi) is 7.54. The Balaban J connectivity index is 1.79. The minimum Gasteiger partial charge on any atom is -0.494 e. The zero-order valence-electron chi connectivity index (χ0n) is 13.9. The van der Waals surface area contributed by atoms with Crippen molar-refractivity contribution in [2.24, 2.45) is 0 Å². The number of hydrogen-bond acceptors (Lipinski definition) is 4. The van der Waals surface area contributed by atoms with E-state index in [1.54, 1.807) is 7.11 Å². The van der Waals surface area contributed by atoms with Crippen LogP contribution >= 0.6 is 0 Å². The van der Waals surface area contributed by atoms with E-state index in [1.807, 2.05) is 6.07 Å². The second-order valence-electron chi connectivity index (χ2n) is 5.75. The summed E-state index contributed by atoms with van der Waals surface area (Å²) in [5, 5.41) is 0. The Bertz CT molecular complexity index is 417. The topological polar surface area (TPSA) is 30.9 Å². The largest absolute Gasteiger partial charge is 0.494 e. The molecule has 1 aromatic rings. The van der Waals surface area contributed by atoms with Gasteiger partial charge >= 0.3 is 0 Å². The van der Waals surface area contributed by atoms with Gasteiger partial charge in [0.05, 0.1) is 25.9 Å². The lowest BCUT2D eigenvalue weighted by atomic mass is 10.1. The molecule has 0 saturated carbocycles. The van der Waals surface area contributed by atoms with Crippen LogP contribution in [0.4, 0.5) is 5.69 Å². The molecule has 1 aromatic carbocycles. The summed E-state index contributed by atoms with van der Waals surface area (Å²) in [4.78, 5) is 2.42. The van der Waals surface area contributed by atoms with Gasteiger partial charge in [0.25, 0.3) is 0 Å². The van der Waals surface area contributed by atoms with E-state index in [2.05, 4.69) is 30.0 Å². The number of anilines is 1. The van der Waals surface area contributed by atoms with Gasteiger partial charge in [0.1, 0.15) is 5.75 Å². The van der Waals surface area contributed by atoms with Gasteiger partial charge < -0.3 is 19.1 Å². The van der Waals surface area contributed by atoms with Crippen LogP contribution in [0.25, 0.3) is 0 Å². The Morgan fingerprint density at radius 1 is 1.14 bits per heavy atom. The van der Waals surface area contributed by atoms with Crippen LogP contribution < -0.4 is 9.64 Å². The SMILES string of the molecule is CCCCOc1cccc(N2CCC(OCCOC)CC2)c1. The highest BCUT2D eigenvalue weighted by Crippen LogP contribution is 2.25. The third-order valence-corrected chi connectivity index (χ3v) is 4.03. The van der Waals surface area contributed by atoms with Crippen LogP contribution in [-0.2, 0) is 9.47 Å². The molecule has 0 amide bonds. The molecule has 2 rings (SSSR count). The van der Waals surface area contributed by atoms with Crippen LogP contribution in [0.1, 0.15) is 32.6 Å². The maximum atomic E-state index is 5.82. The first-order valence-electron chi connectivity index (χ1n) is 8.42. The summed E-state index contributed by atoms with van der Waals surface area (Å²) >= 11 is 0. The molecule has 0 unspecified atom stereocenters. The normalized spacial score (nSPS) is 16.0. The summed E-state index contributed by atoms with van der Waals surface area (Å²) in [6.07, 6.45) is 4.79. The van der Waals surface area contributed by atoms with Crippen LogP contribution in [0.15, 0.2) is 24.3 Å². The first-order valence-corrected chi connectivity index (χ1v) is 8.42. The average molecular weight is 307 g/mol. The van der Waals surface area contributed by atoms with Gasteiger partial charge in [-0.15, -0.1) is 0 Å². The Hall–Kier alpha value is -1.26. The fourth-order valence-electron chi connectivity index (χ4n) is 2.68. The molecule has 0 radical (unpaired) electrons. The molecule has 0 spiro atoms. The minimum atomic E-state index is 0.371. The zero-order valence-corrected chi connectivity index (χ0v) is 13.9. The molecule has 1 aliphatic heterocycles. The Morgan fingerprint density at radius 3 is 2.68 bits per heavy atom. The van der Waals surface area contributed by atoms with Crippen molar-refractivity contribution in [3.05, 3.63) is 24.3 Å². The highest BCUT2D eigenvalue weighted by molar-refractivity contribution is 5.51. The van der Waals surface area contributed by atoms with Crippen molar-refractivity contribution < 1.29 is 14.2 Å². The van der Waals surface area contributed by atoms with Crippen LogP contribution in [0, 0.1) is 0 Å². The number of piperidine rings is 1. The van der Waals surface area contributed by atoms with Gasteiger partial charge in [-0.3, -0.25) is 0 Å². The molecule has 1 aliphatic rings. The van der Waals surface area contributed by atoms with Crippen molar-refractivity contribution in [2.75, 3.05) is 44.9 Å². The monoisotopic (exact) mass is 307 g/mol. The van der Waals surface area contributed by atoms with Gasteiger partial charge in [-0.2, -0.15) is 0 Å². The van der Waals surface area contributed by atoms with Gasteiger partial charge in [0, 0.05) is 32.0 Å². The minimum absolute atomic E-state index is 0.371. The summed E-state index contributed by atoms with van der Waals surface area (Å²) < 4.78 is 16.6. The van der Waals surface area contributed by atoms with E-state index in [-0.39, 0.29) is 0 Å². The van der Waals surface area contributed by atoms with E-state index in [9.17, 15) is 0 Å². The predicted molar refractivity (Wildman–Crippen MR) is 89.9 cm³/mol. The van der Waals surface area contributed by atoms with Crippen LogP contribution in [0.2, 0.25) is 0 Å². The second-order valence-corrected chi connectivity index (χ2v) is 5.75. The van der Waals surface area contributed by atoms with Crippen LogP contribution in [-0.4, -0.2) is 46.1 Å². The number of methoxy groups -OCH3 is 1. The molecule has 0 aliphatic carbocycles. The van der Waals surface area contributed by atoms with E-state index < -0.39 is 0 Å².